The molecule has 0 unspecified atom stereocenters. The summed E-state index contributed by atoms with van der Waals surface area (Å²) in [5.41, 5.74) is 10.7. The number of hydrogen-bond acceptors (Lipinski definition) is 7. The molecule has 5 heterocycles. The van der Waals surface area contributed by atoms with E-state index in [0.717, 1.165) is 86.3 Å². The van der Waals surface area contributed by atoms with E-state index in [-0.39, 0.29) is 0 Å². The summed E-state index contributed by atoms with van der Waals surface area (Å²) in [6.45, 7) is 6.60. The second kappa shape index (κ2) is 7.95. The number of anilines is 2. The monoisotopic (exact) mass is 405 g/mol. The number of rotatable bonds is 4. The van der Waals surface area contributed by atoms with Crippen molar-refractivity contribution in [2.75, 3.05) is 36.0 Å². The van der Waals surface area contributed by atoms with Crippen molar-refractivity contribution >= 4 is 17.3 Å². The van der Waals surface area contributed by atoms with Gasteiger partial charge < -0.3 is 15.5 Å². The van der Waals surface area contributed by atoms with Gasteiger partial charge in [0.15, 0.2) is 5.84 Å². The third kappa shape index (κ3) is 3.35. The van der Waals surface area contributed by atoms with Gasteiger partial charge in [-0.2, -0.15) is 0 Å². The molecule has 1 saturated heterocycles. The molecule has 158 valence electrons. The lowest BCUT2D eigenvalue weighted by Gasteiger charge is -2.41. The van der Waals surface area contributed by atoms with Crippen LogP contribution in [0.5, 0.6) is 0 Å². The Labute approximate surface area is 178 Å². The summed E-state index contributed by atoms with van der Waals surface area (Å²) in [7, 11) is 0. The molecule has 0 spiro atoms. The number of hydrogen-bond donors (Lipinski definition) is 1. The predicted molar refractivity (Wildman–Crippen MR) is 120 cm³/mol. The highest BCUT2D eigenvalue weighted by atomic mass is 15.3. The standard InChI is InChI=1S/C23H31N7/c1-2-7-23(16-24)8-12-29(13-9-23)20-15-26-21-18(28-20)14-27-22(21)30-11-4-5-17-19(30)6-3-10-25-17/h3,6,10,15H,2,4-5,7-9,11-14,16,24H2,1H3. The molecule has 0 saturated carbocycles. The van der Waals surface area contributed by atoms with Crippen LogP contribution in [0.3, 0.4) is 0 Å². The number of nitrogens with zero attached hydrogens (tertiary/aromatic N) is 6. The Bertz CT molecular complexity index is 946. The lowest BCUT2D eigenvalue weighted by molar-refractivity contribution is 0.207. The first-order valence-corrected chi connectivity index (χ1v) is 11.3. The highest BCUT2D eigenvalue weighted by Gasteiger charge is 2.34. The van der Waals surface area contributed by atoms with Gasteiger partial charge in [-0.3, -0.25) is 9.98 Å². The summed E-state index contributed by atoms with van der Waals surface area (Å²) < 4.78 is 0. The van der Waals surface area contributed by atoms with E-state index in [1.807, 2.05) is 18.5 Å². The first kappa shape index (κ1) is 19.4. The van der Waals surface area contributed by atoms with Crippen LogP contribution in [-0.4, -0.2) is 47.0 Å². The molecule has 3 aliphatic rings. The van der Waals surface area contributed by atoms with Gasteiger partial charge >= 0.3 is 0 Å². The first-order chi connectivity index (χ1) is 14.7. The molecule has 7 nitrogen and oxygen atoms in total. The van der Waals surface area contributed by atoms with Gasteiger partial charge in [0, 0.05) is 25.8 Å². The molecular weight excluding hydrogens is 374 g/mol. The van der Waals surface area contributed by atoms with Crippen molar-refractivity contribution in [3.63, 3.8) is 0 Å². The predicted octanol–water partition coefficient (Wildman–Crippen LogP) is 2.93. The van der Waals surface area contributed by atoms with Crippen LogP contribution in [0.15, 0.2) is 29.5 Å². The lowest BCUT2D eigenvalue weighted by atomic mass is 9.75. The molecule has 0 atom stereocenters. The van der Waals surface area contributed by atoms with Crippen LogP contribution in [-0.2, 0) is 13.0 Å². The quantitative estimate of drug-likeness (QED) is 0.842. The van der Waals surface area contributed by atoms with Gasteiger partial charge in [0.05, 0.1) is 29.8 Å². The second-order valence-electron chi connectivity index (χ2n) is 8.83. The molecule has 0 radical (unpaired) electrons. The van der Waals surface area contributed by atoms with Crippen LogP contribution < -0.4 is 15.5 Å². The third-order valence-corrected chi connectivity index (χ3v) is 6.99. The summed E-state index contributed by atoms with van der Waals surface area (Å²) in [5.74, 6) is 1.93. The van der Waals surface area contributed by atoms with E-state index >= 15 is 0 Å². The molecule has 2 aromatic heterocycles. The number of nitrogens with two attached hydrogens (primary N) is 1. The van der Waals surface area contributed by atoms with E-state index in [0.29, 0.717) is 12.0 Å². The zero-order chi connectivity index (χ0) is 20.6. The maximum atomic E-state index is 6.13. The smallest absolute Gasteiger partial charge is 0.156 e. The Morgan fingerprint density at radius 3 is 2.80 bits per heavy atom. The Balaban J connectivity index is 1.34. The summed E-state index contributed by atoms with van der Waals surface area (Å²) in [6, 6.07) is 4.14. The highest BCUT2D eigenvalue weighted by molar-refractivity contribution is 6.11. The number of piperidine rings is 1. The largest absolute Gasteiger partial charge is 0.355 e. The Hall–Kier alpha value is -2.54. The fourth-order valence-electron chi connectivity index (χ4n) is 5.21. The highest BCUT2D eigenvalue weighted by Crippen LogP contribution is 2.36. The van der Waals surface area contributed by atoms with Crippen LogP contribution in [0.4, 0.5) is 11.5 Å². The molecule has 0 aromatic carbocycles. The number of fused-ring (bicyclic) bond motifs is 2. The van der Waals surface area contributed by atoms with Gasteiger partial charge in [0.2, 0.25) is 0 Å². The fraction of sp³-hybridized carbons (Fsp3) is 0.565. The van der Waals surface area contributed by atoms with Crippen LogP contribution in [0.25, 0.3) is 0 Å². The SMILES string of the molecule is CCCC1(CN)CCN(c2cnc3c(n2)CN=C3N2CCCc3ncccc32)CC1. The van der Waals surface area contributed by atoms with Gasteiger partial charge in [-0.05, 0) is 56.2 Å². The fourth-order valence-corrected chi connectivity index (χ4v) is 5.21. The van der Waals surface area contributed by atoms with Crippen LogP contribution in [0.1, 0.15) is 56.1 Å². The van der Waals surface area contributed by atoms with Gasteiger partial charge in [-0.15, -0.1) is 0 Å². The Morgan fingerprint density at radius 2 is 2.00 bits per heavy atom. The van der Waals surface area contributed by atoms with Crippen molar-refractivity contribution in [2.45, 2.75) is 52.0 Å². The minimum Gasteiger partial charge on any atom is -0.355 e. The summed E-state index contributed by atoms with van der Waals surface area (Å²) in [6.07, 6.45) is 10.6. The Morgan fingerprint density at radius 1 is 1.13 bits per heavy atom. The zero-order valence-electron chi connectivity index (χ0n) is 17.8. The molecule has 0 aliphatic carbocycles. The average Bonchev–Trinajstić information content (AvgIpc) is 3.22. The molecule has 0 bridgehead atoms. The number of aryl methyl sites for hydroxylation is 1. The maximum absolute atomic E-state index is 6.13. The molecule has 2 N–H and O–H groups in total. The van der Waals surface area contributed by atoms with Gasteiger partial charge in [-0.1, -0.05) is 13.3 Å². The summed E-state index contributed by atoms with van der Waals surface area (Å²) in [4.78, 5) is 23.8. The first-order valence-electron chi connectivity index (χ1n) is 11.3. The van der Waals surface area contributed by atoms with E-state index in [1.165, 1.54) is 12.8 Å². The Kier molecular flexibility index (Phi) is 5.15. The van der Waals surface area contributed by atoms with Gasteiger partial charge in [0.1, 0.15) is 11.5 Å². The van der Waals surface area contributed by atoms with E-state index in [9.17, 15) is 0 Å². The van der Waals surface area contributed by atoms with Crippen LogP contribution >= 0.6 is 0 Å². The van der Waals surface area contributed by atoms with E-state index < -0.39 is 0 Å². The maximum Gasteiger partial charge on any atom is 0.156 e. The van der Waals surface area contributed by atoms with Gasteiger partial charge in [-0.25, -0.2) is 9.97 Å². The van der Waals surface area contributed by atoms with Crippen molar-refractivity contribution in [3.8, 4) is 0 Å². The molecular formula is C23H31N7. The van der Waals surface area contributed by atoms with Crippen LogP contribution in [0, 0.1) is 5.41 Å². The van der Waals surface area contributed by atoms with Crippen molar-refractivity contribution < 1.29 is 0 Å². The molecule has 3 aliphatic heterocycles. The van der Waals surface area contributed by atoms with Crippen molar-refractivity contribution in [1.29, 1.82) is 0 Å². The zero-order valence-corrected chi connectivity index (χ0v) is 17.8. The molecule has 7 heteroatoms. The normalized spacial score (nSPS) is 20.0. The number of aromatic nitrogens is 3. The molecule has 30 heavy (non-hydrogen) atoms. The molecule has 0 amide bonds. The number of amidine groups is 1. The molecule has 5 rings (SSSR count). The van der Waals surface area contributed by atoms with Gasteiger partial charge in [0.25, 0.3) is 0 Å². The van der Waals surface area contributed by atoms with Crippen molar-refractivity contribution in [1.82, 2.24) is 15.0 Å². The van der Waals surface area contributed by atoms with Crippen molar-refractivity contribution in [2.24, 2.45) is 16.1 Å². The molecule has 2 aromatic rings. The second-order valence-corrected chi connectivity index (χ2v) is 8.83. The minimum atomic E-state index is 0.307. The lowest BCUT2D eigenvalue weighted by Crippen LogP contribution is -2.44. The number of aliphatic imine (C=N–C) groups is 1. The average molecular weight is 406 g/mol. The van der Waals surface area contributed by atoms with Crippen LogP contribution in [0.2, 0.25) is 0 Å². The topological polar surface area (TPSA) is 83.5 Å². The summed E-state index contributed by atoms with van der Waals surface area (Å²) >= 11 is 0. The minimum absolute atomic E-state index is 0.307. The van der Waals surface area contributed by atoms with E-state index in [4.69, 9.17) is 20.7 Å². The van der Waals surface area contributed by atoms with Crippen molar-refractivity contribution in [3.05, 3.63) is 41.6 Å². The number of pyridine rings is 1. The molecule has 1 fully saturated rings. The third-order valence-electron chi connectivity index (χ3n) is 6.99. The van der Waals surface area contributed by atoms with E-state index in [1.54, 1.807) is 0 Å². The van der Waals surface area contributed by atoms with E-state index in [2.05, 4.69) is 27.8 Å². The summed E-state index contributed by atoms with van der Waals surface area (Å²) in [5, 5.41) is 0.